The minimum atomic E-state index is -0.0745. The van der Waals surface area contributed by atoms with Gasteiger partial charge in [0.05, 0.1) is 12.7 Å². The second-order valence-electron chi connectivity index (χ2n) is 9.45. The number of carbonyl (C=O) groups excluding carboxylic acids is 2. The number of hydrogen-bond donors (Lipinski definition) is 1. The van der Waals surface area contributed by atoms with Gasteiger partial charge in [0.1, 0.15) is 5.75 Å². The van der Waals surface area contributed by atoms with Crippen LogP contribution < -0.4 is 10.1 Å². The molecule has 0 bridgehead atoms. The number of methoxy groups -OCH3 is 1. The largest absolute Gasteiger partial charge is 0.496 e. The van der Waals surface area contributed by atoms with Gasteiger partial charge in [0.25, 0.3) is 5.91 Å². The molecule has 5 heteroatoms. The average molecular weight is 387 g/mol. The molecule has 5 nitrogen and oxygen atoms in total. The molecular weight excluding hydrogens is 352 g/mol. The molecule has 28 heavy (non-hydrogen) atoms. The molecule has 1 aliphatic carbocycles. The van der Waals surface area contributed by atoms with E-state index in [-0.39, 0.29) is 17.2 Å². The van der Waals surface area contributed by atoms with Crippen molar-refractivity contribution in [2.45, 2.75) is 71.8 Å². The van der Waals surface area contributed by atoms with Gasteiger partial charge in [-0.1, -0.05) is 33.6 Å². The zero-order valence-corrected chi connectivity index (χ0v) is 17.7. The van der Waals surface area contributed by atoms with Gasteiger partial charge < -0.3 is 15.0 Å². The van der Waals surface area contributed by atoms with Gasteiger partial charge in [-0.2, -0.15) is 0 Å². The van der Waals surface area contributed by atoms with Crippen LogP contribution >= 0.6 is 0 Å². The summed E-state index contributed by atoms with van der Waals surface area (Å²) in [4.78, 5) is 27.6. The lowest BCUT2D eigenvalue weighted by atomic mass is 9.78. The Morgan fingerprint density at radius 3 is 2.57 bits per heavy atom. The molecule has 1 saturated heterocycles. The van der Waals surface area contributed by atoms with Crippen LogP contribution in [-0.2, 0) is 4.79 Å². The highest BCUT2D eigenvalue weighted by Gasteiger charge is 2.36. The van der Waals surface area contributed by atoms with Gasteiger partial charge in [-0.3, -0.25) is 9.59 Å². The highest BCUT2D eigenvalue weighted by atomic mass is 16.5. The van der Waals surface area contributed by atoms with Gasteiger partial charge in [0, 0.05) is 30.8 Å². The lowest BCUT2D eigenvalue weighted by Gasteiger charge is -2.44. The fourth-order valence-electron chi connectivity index (χ4n) is 4.66. The third kappa shape index (κ3) is 4.86. The summed E-state index contributed by atoms with van der Waals surface area (Å²) >= 11 is 0. The Hall–Kier alpha value is -2.04. The van der Waals surface area contributed by atoms with Crippen LogP contribution in [0.25, 0.3) is 0 Å². The van der Waals surface area contributed by atoms with Crippen molar-refractivity contribution in [3.63, 3.8) is 0 Å². The number of piperidine rings is 1. The predicted molar refractivity (Wildman–Crippen MR) is 112 cm³/mol. The minimum absolute atomic E-state index is 0.0327. The molecule has 154 valence electrons. The Bertz CT molecular complexity index is 721. The van der Waals surface area contributed by atoms with Crippen molar-refractivity contribution < 1.29 is 14.3 Å². The topological polar surface area (TPSA) is 58.6 Å². The Kier molecular flexibility index (Phi) is 6.31. The first-order chi connectivity index (χ1) is 13.3. The van der Waals surface area contributed by atoms with Crippen LogP contribution in [0.2, 0.25) is 0 Å². The van der Waals surface area contributed by atoms with E-state index in [0.29, 0.717) is 35.4 Å². The molecule has 2 fully saturated rings. The summed E-state index contributed by atoms with van der Waals surface area (Å²) in [5.74, 6) is 1.20. The molecule has 1 aromatic rings. The van der Waals surface area contributed by atoms with E-state index in [1.54, 1.807) is 25.3 Å². The minimum Gasteiger partial charge on any atom is -0.496 e. The summed E-state index contributed by atoms with van der Waals surface area (Å²) in [6, 6.07) is 5.72. The number of amides is 2. The first-order valence-electron chi connectivity index (χ1n) is 10.6. The number of hydrogen-bond acceptors (Lipinski definition) is 3. The lowest BCUT2D eigenvalue weighted by Crippen LogP contribution is -2.49. The van der Waals surface area contributed by atoms with Crippen molar-refractivity contribution in [2.75, 3.05) is 19.0 Å². The van der Waals surface area contributed by atoms with Crippen molar-refractivity contribution in [1.82, 2.24) is 4.90 Å². The zero-order valence-electron chi connectivity index (χ0n) is 17.7. The Balaban J connectivity index is 1.76. The van der Waals surface area contributed by atoms with Crippen LogP contribution in [0.5, 0.6) is 5.75 Å². The fourth-order valence-corrected chi connectivity index (χ4v) is 4.66. The van der Waals surface area contributed by atoms with Gasteiger partial charge in [-0.15, -0.1) is 0 Å². The van der Waals surface area contributed by atoms with Gasteiger partial charge in [0.2, 0.25) is 5.91 Å². The summed E-state index contributed by atoms with van der Waals surface area (Å²) < 4.78 is 5.52. The Morgan fingerprint density at radius 1 is 1.14 bits per heavy atom. The number of ether oxygens (including phenoxy) is 1. The number of likely N-dealkylation sites (tertiary alicyclic amines) is 1. The lowest BCUT2D eigenvalue weighted by molar-refractivity contribution is -0.117. The van der Waals surface area contributed by atoms with E-state index in [1.807, 2.05) is 20.8 Å². The molecule has 1 heterocycles. The molecule has 2 atom stereocenters. The van der Waals surface area contributed by atoms with Crippen molar-refractivity contribution in [2.24, 2.45) is 11.3 Å². The van der Waals surface area contributed by atoms with Crippen molar-refractivity contribution in [1.29, 1.82) is 0 Å². The molecular formula is C23H34N2O3. The van der Waals surface area contributed by atoms with E-state index in [0.717, 1.165) is 19.4 Å². The van der Waals surface area contributed by atoms with Crippen LogP contribution in [0.4, 0.5) is 5.69 Å². The van der Waals surface area contributed by atoms with Crippen molar-refractivity contribution >= 4 is 17.5 Å². The number of nitrogens with one attached hydrogen (secondary N) is 1. The molecule has 1 N–H and O–H groups in total. The monoisotopic (exact) mass is 386 g/mol. The molecule has 0 spiro atoms. The molecule has 0 aromatic heterocycles. The third-order valence-corrected chi connectivity index (χ3v) is 5.91. The molecule has 0 radical (unpaired) electrons. The van der Waals surface area contributed by atoms with Crippen LogP contribution in [-0.4, -0.2) is 36.4 Å². The van der Waals surface area contributed by atoms with Gasteiger partial charge in [-0.25, -0.2) is 0 Å². The van der Waals surface area contributed by atoms with Crippen molar-refractivity contribution in [3.8, 4) is 5.75 Å². The maximum Gasteiger partial charge on any atom is 0.257 e. The van der Waals surface area contributed by atoms with E-state index < -0.39 is 0 Å². The maximum atomic E-state index is 13.3. The van der Waals surface area contributed by atoms with Crippen LogP contribution in [0.15, 0.2) is 18.2 Å². The van der Waals surface area contributed by atoms with E-state index in [2.05, 4.69) is 10.2 Å². The number of carbonyl (C=O) groups is 2. The number of anilines is 1. The Morgan fingerprint density at radius 2 is 1.86 bits per heavy atom. The number of rotatable bonds is 4. The van der Waals surface area contributed by atoms with Gasteiger partial charge in [-0.05, 0) is 49.1 Å². The summed E-state index contributed by atoms with van der Waals surface area (Å²) in [6.07, 6.45) is 7.60. The highest BCUT2D eigenvalue weighted by Crippen LogP contribution is 2.37. The second-order valence-corrected chi connectivity index (χ2v) is 9.45. The Labute approximate surface area is 168 Å². The average Bonchev–Trinajstić information content (AvgIpc) is 2.65. The van der Waals surface area contributed by atoms with Gasteiger partial charge >= 0.3 is 0 Å². The molecule has 1 saturated carbocycles. The summed E-state index contributed by atoms with van der Waals surface area (Å²) in [5, 5.41) is 2.92. The maximum absolute atomic E-state index is 13.3. The van der Waals surface area contributed by atoms with Crippen LogP contribution in [0.3, 0.4) is 0 Å². The predicted octanol–water partition coefficient (Wildman–Crippen LogP) is 4.86. The fraction of sp³-hybridized carbons (Fsp3) is 0.652. The van der Waals surface area contributed by atoms with E-state index >= 15 is 0 Å². The highest BCUT2D eigenvalue weighted by molar-refractivity contribution is 5.99. The van der Waals surface area contributed by atoms with E-state index in [1.165, 1.54) is 25.7 Å². The van der Waals surface area contributed by atoms with Crippen molar-refractivity contribution in [3.05, 3.63) is 23.8 Å². The number of benzene rings is 1. The first kappa shape index (κ1) is 20.7. The molecule has 3 rings (SSSR count). The van der Waals surface area contributed by atoms with E-state index in [4.69, 9.17) is 4.74 Å². The SMILES string of the molecule is COc1cc(NC(=O)CC(C)(C)C)ccc1C(=O)N1CCC[C@@H]2CCCCC21. The second kappa shape index (κ2) is 8.54. The normalized spacial score (nSPS) is 22.4. The zero-order chi connectivity index (χ0) is 20.3. The standard InChI is InChI=1S/C23H34N2O3/c1-23(2,3)15-21(26)24-17-11-12-18(20(14-17)28-4)22(27)25-13-7-9-16-8-5-6-10-19(16)25/h11-12,14,16,19H,5-10,13,15H2,1-4H3,(H,24,26)/t16-,19?/m0/s1. The van der Waals surface area contributed by atoms with Gasteiger partial charge in [0.15, 0.2) is 0 Å². The molecule has 1 aromatic carbocycles. The van der Waals surface area contributed by atoms with Crippen LogP contribution in [0.1, 0.15) is 76.1 Å². The summed E-state index contributed by atoms with van der Waals surface area (Å²) in [5.41, 5.74) is 1.17. The molecule has 2 aliphatic rings. The third-order valence-electron chi connectivity index (χ3n) is 5.91. The first-order valence-corrected chi connectivity index (χ1v) is 10.6. The summed E-state index contributed by atoms with van der Waals surface area (Å²) in [6.45, 7) is 6.93. The van der Waals surface area contributed by atoms with E-state index in [9.17, 15) is 9.59 Å². The molecule has 2 amide bonds. The number of nitrogens with zero attached hydrogens (tertiary/aromatic N) is 1. The number of fused-ring (bicyclic) bond motifs is 1. The smallest absolute Gasteiger partial charge is 0.257 e. The molecule has 1 aliphatic heterocycles. The summed E-state index contributed by atoms with van der Waals surface area (Å²) in [7, 11) is 1.58. The quantitative estimate of drug-likeness (QED) is 0.803. The molecule has 1 unspecified atom stereocenters. The van der Waals surface area contributed by atoms with Crippen LogP contribution in [0, 0.1) is 11.3 Å².